The molecule has 1 N–H and O–H groups in total. The van der Waals surface area contributed by atoms with Gasteiger partial charge in [-0.15, -0.1) is 17.9 Å². The largest absolute Gasteiger partial charge is 0.325 e. The molecule has 0 radical (unpaired) electrons. The molecule has 1 aromatic carbocycles. The maximum atomic E-state index is 12.2. The van der Waals surface area contributed by atoms with Gasteiger partial charge in [0.1, 0.15) is 0 Å². The van der Waals surface area contributed by atoms with Crippen molar-refractivity contribution in [3.63, 3.8) is 0 Å². The third-order valence-corrected chi connectivity index (χ3v) is 4.28. The average Bonchev–Trinajstić information content (AvgIpc) is 2.93. The minimum Gasteiger partial charge on any atom is -0.325 e. The van der Waals surface area contributed by atoms with E-state index in [1.807, 2.05) is 23.1 Å². The summed E-state index contributed by atoms with van der Waals surface area (Å²) in [7, 11) is 0. The summed E-state index contributed by atoms with van der Waals surface area (Å²) in [6.45, 7) is 5.23. The molecule has 1 heterocycles. The molecule has 0 fully saturated rings. The number of benzene rings is 1. The van der Waals surface area contributed by atoms with Crippen LogP contribution in [0.25, 0.3) is 0 Å². The van der Waals surface area contributed by atoms with E-state index in [4.69, 9.17) is 16.9 Å². The number of nitriles is 1. The molecule has 0 unspecified atom stereocenters. The number of thiophene rings is 1. The summed E-state index contributed by atoms with van der Waals surface area (Å²) in [5, 5.41) is 11.6. The molecule has 0 aliphatic carbocycles. The molecule has 1 aromatic heterocycles. The normalized spacial score (nSPS) is 10.3. The second-order valence-electron chi connectivity index (χ2n) is 4.90. The summed E-state index contributed by atoms with van der Waals surface area (Å²) in [6, 6.07) is 12.6. The van der Waals surface area contributed by atoms with Gasteiger partial charge < -0.3 is 5.32 Å². The van der Waals surface area contributed by atoms with Crippen molar-refractivity contribution in [1.82, 2.24) is 4.90 Å². The first-order valence-electron chi connectivity index (χ1n) is 6.98. The van der Waals surface area contributed by atoms with E-state index >= 15 is 0 Å². The lowest BCUT2D eigenvalue weighted by molar-refractivity contribution is -0.117. The molecule has 2 aromatic rings. The van der Waals surface area contributed by atoms with Crippen molar-refractivity contribution >= 4 is 34.5 Å². The fourth-order valence-electron chi connectivity index (χ4n) is 2.06. The topological polar surface area (TPSA) is 56.1 Å². The first-order chi connectivity index (χ1) is 11.1. The van der Waals surface area contributed by atoms with Crippen LogP contribution in [0.4, 0.5) is 5.69 Å². The zero-order valence-corrected chi connectivity index (χ0v) is 14.0. The highest BCUT2D eigenvalue weighted by molar-refractivity contribution is 7.16. The molecule has 0 aliphatic rings. The van der Waals surface area contributed by atoms with Crippen LogP contribution in [0.2, 0.25) is 4.34 Å². The standard InChI is InChI=1S/C17H16ClN3OS/c1-2-9-21(11-15-7-8-16(18)23-15)12-17(22)20-14-5-3-13(10-19)4-6-14/h2-8H,1,9,11-12H2,(H,20,22). The van der Waals surface area contributed by atoms with Crippen LogP contribution in [0.3, 0.4) is 0 Å². The van der Waals surface area contributed by atoms with Crippen molar-refractivity contribution in [2.45, 2.75) is 6.54 Å². The first-order valence-corrected chi connectivity index (χ1v) is 8.17. The highest BCUT2D eigenvalue weighted by atomic mass is 35.5. The number of hydrogen-bond donors (Lipinski definition) is 1. The Morgan fingerprint density at radius 3 is 2.65 bits per heavy atom. The van der Waals surface area contributed by atoms with Gasteiger partial charge in [0.05, 0.1) is 22.5 Å². The highest BCUT2D eigenvalue weighted by Gasteiger charge is 2.11. The highest BCUT2D eigenvalue weighted by Crippen LogP contribution is 2.22. The maximum absolute atomic E-state index is 12.2. The molecule has 118 valence electrons. The number of carbonyl (C=O) groups is 1. The molecular formula is C17H16ClN3OS. The van der Waals surface area contributed by atoms with Crippen molar-refractivity contribution in [3.05, 3.63) is 63.8 Å². The Kier molecular flexibility index (Phi) is 6.36. The molecule has 0 aliphatic heterocycles. The molecule has 0 saturated carbocycles. The summed E-state index contributed by atoms with van der Waals surface area (Å²) in [6.07, 6.45) is 1.77. The van der Waals surface area contributed by atoms with E-state index in [1.165, 1.54) is 11.3 Å². The first kappa shape index (κ1) is 17.2. The van der Waals surface area contributed by atoms with Crippen molar-refractivity contribution in [2.75, 3.05) is 18.4 Å². The molecule has 0 spiro atoms. The third-order valence-electron chi connectivity index (χ3n) is 3.06. The summed E-state index contributed by atoms with van der Waals surface area (Å²) in [5.74, 6) is -0.112. The Balaban J connectivity index is 1.94. The van der Waals surface area contributed by atoms with Gasteiger partial charge in [0.2, 0.25) is 5.91 Å². The zero-order valence-electron chi connectivity index (χ0n) is 12.5. The van der Waals surface area contributed by atoms with E-state index in [2.05, 4.69) is 11.9 Å². The Hall–Kier alpha value is -2.13. The predicted octanol–water partition coefficient (Wildman–Crippen LogP) is 3.90. The lowest BCUT2D eigenvalue weighted by atomic mass is 10.2. The Labute approximate surface area is 144 Å². The Morgan fingerprint density at radius 2 is 2.09 bits per heavy atom. The van der Waals surface area contributed by atoms with E-state index in [1.54, 1.807) is 30.3 Å². The van der Waals surface area contributed by atoms with Crippen LogP contribution >= 0.6 is 22.9 Å². The van der Waals surface area contributed by atoms with Gasteiger partial charge in [-0.2, -0.15) is 5.26 Å². The SMILES string of the molecule is C=CCN(CC(=O)Nc1ccc(C#N)cc1)Cc1ccc(Cl)s1. The van der Waals surface area contributed by atoms with Gasteiger partial charge >= 0.3 is 0 Å². The second-order valence-corrected chi connectivity index (χ2v) is 6.70. The Morgan fingerprint density at radius 1 is 1.35 bits per heavy atom. The van der Waals surface area contributed by atoms with Crippen LogP contribution < -0.4 is 5.32 Å². The molecule has 6 heteroatoms. The van der Waals surface area contributed by atoms with Crippen LogP contribution in [-0.2, 0) is 11.3 Å². The van der Waals surface area contributed by atoms with E-state index in [-0.39, 0.29) is 12.5 Å². The van der Waals surface area contributed by atoms with Gasteiger partial charge in [0, 0.05) is 23.7 Å². The third kappa shape index (κ3) is 5.53. The second kappa shape index (κ2) is 8.49. The molecular weight excluding hydrogens is 330 g/mol. The van der Waals surface area contributed by atoms with Gasteiger partial charge in [-0.25, -0.2) is 0 Å². The fraction of sp³-hybridized carbons (Fsp3) is 0.176. The van der Waals surface area contributed by atoms with Crippen LogP contribution in [-0.4, -0.2) is 23.9 Å². The fourth-order valence-corrected chi connectivity index (χ4v) is 3.19. The maximum Gasteiger partial charge on any atom is 0.238 e. The van der Waals surface area contributed by atoms with Crippen molar-refractivity contribution in [2.24, 2.45) is 0 Å². The molecule has 23 heavy (non-hydrogen) atoms. The zero-order chi connectivity index (χ0) is 16.7. The molecule has 4 nitrogen and oxygen atoms in total. The van der Waals surface area contributed by atoms with Crippen molar-refractivity contribution in [3.8, 4) is 6.07 Å². The number of nitrogens with zero attached hydrogens (tertiary/aromatic N) is 2. The summed E-state index contributed by atoms with van der Waals surface area (Å²) < 4.78 is 0.737. The van der Waals surface area contributed by atoms with E-state index in [0.717, 1.165) is 9.21 Å². The number of nitrogens with one attached hydrogen (secondary N) is 1. The number of anilines is 1. The molecule has 2 rings (SSSR count). The summed E-state index contributed by atoms with van der Waals surface area (Å²) >= 11 is 7.44. The van der Waals surface area contributed by atoms with Gasteiger partial charge in [-0.1, -0.05) is 17.7 Å². The van der Waals surface area contributed by atoms with E-state index in [0.29, 0.717) is 24.3 Å². The van der Waals surface area contributed by atoms with Crippen molar-refractivity contribution < 1.29 is 4.79 Å². The molecule has 1 amide bonds. The lowest BCUT2D eigenvalue weighted by Gasteiger charge is -2.19. The minimum absolute atomic E-state index is 0.112. The van der Waals surface area contributed by atoms with Crippen LogP contribution in [0.1, 0.15) is 10.4 Å². The predicted molar refractivity (Wildman–Crippen MR) is 94.6 cm³/mol. The van der Waals surface area contributed by atoms with Crippen molar-refractivity contribution in [1.29, 1.82) is 5.26 Å². The summed E-state index contributed by atoms with van der Waals surface area (Å²) in [4.78, 5) is 15.3. The molecule has 0 bridgehead atoms. The number of amides is 1. The van der Waals surface area contributed by atoms with Gasteiger partial charge in [0.15, 0.2) is 0 Å². The Bertz CT molecular complexity index is 718. The number of rotatable bonds is 7. The molecule has 0 atom stereocenters. The van der Waals surface area contributed by atoms with Crippen LogP contribution in [0.15, 0.2) is 49.1 Å². The lowest BCUT2D eigenvalue weighted by Crippen LogP contribution is -2.32. The minimum atomic E-state index is -0.112. The van der Waals surface area contributed by atoms with E-state index < -0.39 is 0 Å². The van der Waals surface area contributed by atoms with Crippen LogP contribution in [0.5, 0.6) is 0 Å². The van der Waals surface area contributed by atoms with E-state index in [9.17, 15) is 4.79 Å². The number of halogens is 1. The van der Waals surface area contributed by atoms with Gasteiger partial charge in [-0.05, 0) is 36.4 Å². The summed E-state index contributed by atoms with van der Waals surface area (Å²) in [5.41, 5.74) is 1.23. The number of hydrogen-bond acceptors (Lipinski definition) is 4. The number of carbonyl (C=O) groups excluding carboxylic acids is 1. The van der Waals surface area contributed by atoms with Gasteiger partial charge in [-0.3, -0.25) is 9.69 Å². The smallest absolute Gasteiger partial charge is 0.238 e. The quantitative estimate of drug-likeness (QED) is 0.774. The van der Waals surface area contributed by atoms with Crippen LogP contribution in [0, 0.1) is 11.3 Å². The monoisotopic (exact) mass is 345 g/mol. The average molecular weight is 346 g/mol. The van der Waals surface area contributed by atoms with Gasteiger partial charge in [0.25, 0.3) is 0 Å². The molecule has 0 saturated heterocycles.